The molecule has 0 aliphatic carbocycles. The summed E-state index contributed by atoms with van der Waals surface area (Å²) in [5.41, 5.74) is -0.371. The lowest BCUT2D eigenvalue weighted by Crippen LogP contribution is -2.50. The summed E-state index contributed by atoms with van der Waals surface area (Å²) in [6, 6.07) is 10.9. The molecule has 0 saturated carbocycles. The Morgan fingerprint density at radius 1 is 0.815 bits per heavy atom. The Balaban J connectivity index is 1.64. The molecule has 2 aromatic rings. The monoisotopic (exact) mass is 396 g/mol. The lowest BCUT2D eigenvalue weighted by Gasteiger charge is -2.35. The van der Waals surface area contributed by atoms with E-state index in [1.165, 1.54) is 17.0 Å². The van der Waals surface area contributed by atoms with E-state index in [1.807, 2.05) is 0 Å². The second kappa shape index (κ2) is 7.60. The number of rotatable bonds is 2. The van der Waals surface area contributed by atoms with Gasteiger partial charge in [0, 0.05) is 42.3 Å². The lowest BCUT2D eigenvalue weighted by molar-refractivity contribution is -0.137. The van der Waals surface area contributed by atoms with Gasteiger partial charge >= 0.3 is 6.18 Å². The first kappa shape index (κ1) is 19.2. The lowest BCUT2D eigenvalue weighted by atomic mass is 10.1. The smallest absolute Gasteiger partial charge is 0.335 e. The molecule has 0 radical (unpaired) electrons. The Hall–Kier alpha value is -2.54. The molecule has 2 amide bonds. The highest BCUT2D eigenvalue weighted by atomic mass is 35.5. The van der Waals surface area contributed by atoms with Gasteiger partial charge in [-0.1, -0.05) is 17.7 Å². The highest BCUT2D eigenvalue weighted by Gasteiger charge is 2.32. The van der Waals surface area contributed by atoms with Gasteiger partial charge < -0.3 is 9.80 Å². The van der Waals surface area contributed by atoms with Gasteiger partial charge in [0.15, 0.2) is 0 Å². The van der Waals surface area contributed by atoms with Crippen molar-refractivity contribution in [1.82, 2.24) is 9.80 Å². The largest absolute Gasteiger partial charge is 0.416 e. The van der Waals surface area contributed by atoms with Gasteiger partial charge in [-0.15, -0.1) is 0 Å². The van der Waals surface area contributed by atoms with E-state index in [9.17, 15) is 22.8 Å². The summed E-state index contributed by atoms with van der Waals surface area (Å²) in [5, 5.41) is 0.531. The van der Waals surface area contributed by atoms with Crippen molar-refractivity contribution in [2.75, 3.05) is 26.2 Å². The summed E-state index contributed by atoms with van der Waals surface area (Å²) in [5.74, 6) is -0.641. The SMILES string of the molecule is O=C(c1ccc(Cl)cc1)N1CCN(C(=O)c2cccc(C(F)(F)F)c2)CC1. The minimum atomic E-state index is -4.50. The Morgan fingerprint density at radius 3 is 1.85 bits per heavy atom. The number of amides is 2. The topological polar surface area (TPSA) is 40.6 Å². The molecule has 0 N–H and O–H groups in total. The predicted molar refractivity (Wildman–Crippen MR) is 94.7 cm³/mol. The number of hydrogen-bond acceptors (Lipinski definition) is 2. The first-order valence-electron chi connectivity index (χ1n) is 8.27. The van der Waals surface area contributed by atoms with Crippen molar-refractivity contribution in [2.45, 2.75) is 6.18 Å². The van der Waals surface area contributed by atoms with Crippen molar-refractivity contribution in [1.29, 1.82) is 0 Å². The van der Waals surface area contributed by atoms with E-state index in [-0.39, 0.29) is 24.6 Å². The Morgan fingerprint density at radius 2 is 1.33 bits per heavy atom. The normalized spacial score (nSPS) is 15.0. The quantitative estimate of drug-likeness (QED) is 0.771. The van der Waals surface area contributed by atoms with Crippen LogP contribution in [0.4, 0.5) is 13.2 Å². The summed E-state index contributed by atoms with van der Waals surface area (Å²) in [6.45, 7) is 1.14. The Kier molecular flexibility index (Phi) is 5.41. The molecule has 142 valence electrons. The minimum Gasteiger partial charge on any atom is -0.335 e. The molecule has 0 unspecified atom stereocenters. The van der Waals surface area contributed by atoms with Crippen molar-refractivity contribution < 1.29 is 22.8 Å². The molecule has 3 rings (SSSR count). The summed E-state index contributed by atoms with van der Waals surface area (Å²) in [7, 11) is 0. The van der Waals surface area contributed by atoms with Gasteiger partial charge in [0.1, 0.15) is 0 Å². The first-order valence-corrected chi connectivity index (χ1v) is 8.65. The van der Waals surface area contributed by atoms with Crippen molar-refractivity contribution in [3.05, 3.63) is 70.2 Å². The number of carbonyl (C=O) groups is 2. The predicted octanol–water partition coefficient (Wildman–Crippen LogP) is 3.96. The van der Waals surface area contributed by atoms with Crippen molar-refractivity contribution in [3.63, 3.8) is 0 Å². The van der Waals surface area contributed by atoms with Crippen LogP contribution in [0.15, 0.2) is 48.5 Å². The van der Waals surface area contributed by atoms with Gasteiger partial charge in [-0.05, 0) is 42.5 Å². The van der Waals surface area contributed by atoms with E-state index >= 15 is 0 Å². The van der Waals surface area contributed by atoms with E-state index in [1.54, 1.807) is 29.2 Å². The molecule has 0 atom stereocenters. The van der Waals surface area contributed by atoms with Crippen LogP contribution in [0.1, 0.15) is 26.3 Å². The molecule has 0 aromatic heterocycles. The fraction of sp³-hybridized carbons (Fsp3) is 0.263. The number of nitrogens with zero attached hydrogens (tertiary/aromatic N) is 2. The first-order chi connectivity index (χ1) is 12.8. The van der Waals surface area contributed by atoms with Gasteiger partial charge in [0.05, 0.1) is 5.56 Å². The maximum atomic E-state index is 12.8. The molecule has 27 heavy (non-hydrogen) atoms. The third kappa shape index (κ3) is 4.42. The number of hydrogen-bond donors (Lipinski definition) is 0. The standard InChI is InChI=1S/C19H16ClF3N2O2/c20-16-6-4-13(5-7-16)17(26)24-8-10-25(11-9-24)18(27)14-2-1-3-15(12-14)19(21,22)23/h1-7,12H,8-11H2. The van der Waals surface area contributed by atoms with E-state index in [4.69, 9.17) is 11.6 Å². The number of carbonyl (C=O) groups excluding carboxylic acids is 2. The Bertz CT molecular complexity index is 845. The minimum absolute atomic E-state index is 0.0118. The summed E-state index contributed by atoms with van der Waals surface area (Å²) in [6.07, 6.45) is -4.50. The third-order valence-electron chi connectivity index (χ3n) is 4.38. The van der Waals surface area contributed by atoms with Crippen LogP contribution >= 0.6 is 11.6 Å². The molecule has 1 fully saturated rings. The van der Waals surface area contributed by atoms with Crippen molar-refractivity contribution >= 4 is 23.4 Å². The molecule has 2 aromatic carbocycles. The average Bonchev–Trinajstić information content (AvgIpc) is 2.67. The molecule has 8 heteroatoms. The molecule has 1 saturated heterocycles. The zero-order valence-corrected chi connectivity index (χ0v) is 14.9. The Labute approximate surface area is 159 Å². The van der Waals surface area contributed by atoms with E-state index in [2.05, 4.69) is 0 Å². The number of alkyl halides is 3. The molecular weight excluding hydrogens is 381 g/mol. The number of benzene rings is 2. The molecule has 1 aliphatic rings. The van der Waals surface area contributed by atoms with Gasteiger partial charge in [-0.2, -0.15) is 13.2 Å². The average molecular weight is 397 g/mol. The number of piperazine rings is 1. The number of halogens is 4. The summed E-state index contributed by atoms with van der Waals surface area (Å²) >= 11 is 5.81. The highest BCUT2D eigenvalue weighted by Crippen LogP contribution is 2.29. The zero-order chi connectivity index (χ0) is 19.6. The maximum Gasteiger partial charge on any atom is 0.416 e. The van der Waals surface area contributed by atoms with Gasteiger partial charge in [-0.25, -0.2) is 0 Å². The molecule has 0 spiro atoms. The van der Waals surface area contributed by atoms with Crippen LogP contribution in [0.5, 0.6) is 0 Å². The molecule has 1 heterocycles. The van der Waals surface area contributed by atoms with Gasteiger partial charge in [0.2, 0.25) is 0 Å². The molecule has 0 bridgehead atoms. The third-order valence-corrected chi connectivity index (χ3v) is 4.63. The highest BCUT2D eigenvalue weighted by molar-refractivity contribution is 6.30. The van der Waals surface area contributed by atoms with Crippen LogP contribution in [0.2, 0.25) is 5.02 Å². The van der Waals surface area contributed by atoms with E-state index in [0.29, 0.717) is 23.7 Å². The maximum absolute atomic E-state index is 12.8. The van der Waals surface area contributed by atoms with Crippen LogP contribution in [-0.2, 0) is 6.18 Å². The van der Waals surface area contributed by atoms with Gasteiger partial charge in [0.25, 0.3) is 11.8 Å². The van der Waals surface area contributed by atoms with Crippen LogP contribution < -0.4 is 0 Å². The fourth-order valence-electron chi connectivity index (χ4n) is 2.90. The van der Waals surface area contributed by atoms with Crippen LogP contribution in [-0.4, -0.2) is 47.8 Å². The fourth-order valence-corrected chi connectivity index (χ4v) is 3.02. The summed E-state index contributed by atoms with van der Waals surface area (Å²) < 4.78 is 38.5. The second-order valence-corrected chi connectivity index (χ2v) is 6.61. The second-order valence-electron chi connectivity index (χ2n) is 6.17. The van der Waals surface area contributed by atoms with Crippen LogP contribution in [0.25, 0.3) is 0 Å². The molecule has 4 nitrogen and oxygen atoms in total. The van der Waals surface area contributed by atoms with Crippen LogP contribution in [0.3, 0.4) is 0 Å². The van der Waals surface area contributed by atoms with Crippen molar-refractivity contribution in [2.24, 2.45) is 0 Å². The summed E-state index contributed by atoms with van der Waals surface area (Å²) in [4.78, 5) is 28.0. The van der Waals surface area contributed by atoms with E-state index < -0.39 is 17.6 Å². The van der Waals surface area contributed by atoms with Crippen LogP contribution in [0, 0.1) is 0 Å². The van der Waals surface area contributed by atoms with Gasteiger partial charge in [-0.3, -0.25) is 9.59 Å². The zero-order valence-electron chi connectivity index (χ0n) is 14.2. The van der Waals surface area contributed by atoms with E-state index in [0.717, 1.165) is 12.1 Å². The van der Waals surface area contributed by atoms with Crippen molar-refractivity contribution in [3.8, 4) is 0 Å². The molecule has 1 aliphatic heterocycles. The molecular formula is C19H16ClF3N2O2.